The molecule has 0 unspecified atom stereocenters. The highest BCUT2D eigenvalue weighted by atomic mass is 16.6. The molecule has 0 bridgehead atoms. The standard InChI is InChI=1S/C23H24N4O3/c28-27(29)21-22(24-16-25-23(21)30-19-14-8-3-9-15-19)26-20(17-10-4-1-5-11-17)18-12-6-2-7-13-18/h1-2,4-7,10-13,16,19-20H,3,8-9,14-15H2,(H,24,25,26). The lowest BCUT2D eigenvalue weighted by Gasteiger charge is -2.23. The van der Waals surface area contributed by atoms with E-state index in [2.05, 4.69) is 15.3 Å². The van der Waals surface area contributed by atoms with E-state index in [0.29, 0.717) is 0 Å². The first kappa shape index (κ1) is 19.8. The molecule has 0 saturated heterocycles. The van der Waals surface area contributed by atoms with Gasteiger partial charge in [0.15, 0.2) is 0 Å². The summed E-state index contributed by atoms with van der Waals surface area (Å²) in [7, 11) is 0. The van der Waals surface area contributed by atoms with Crippen molar-refractivity contribution in [2.24, 2.45) is 0 Å². The van der Waals surface area contributed by atoms with E-state index in [1.807, 2.05) is 60.7 Å². The van der Waals surface area contributed by atoms with Crippen molar-refractivity contribution in [2.45, 2.75) is 44.2 Å². The summed E-state index contributed by atoms with van der Waals surface area (Å²) in [6, 6.07) is 19.3. The lowest BCUT2D eigenvalue weighted by Crippen LogP contribution is -2.21. The number of anilines is 1. The van der Waals surface area contributed by atoms with Gasteiger partial charge in [-0.15, -0.1) is 0 Å². The molecule has 1 aromatic heterocycles. The zero-order valence-corrected chi connectivity index (χ0v) is 16.6. The summed E-state index contributed by atoms with van der Waals surface area (Å²) in [6.07, 6.45) is 6.37. The van der Waals surface area contributed by atoms with Crippen molar-refractivity contribution in [3.05, 3.63) is 88.2 Å². The number of nitro groups is 1. The second kappa shape index (κ2) is 9.35. The molecule has 1 aliphatic rings. The van der Waals surface area contributed by atoms with Gasteiger partial charge in [-0.1, -0.05) is 67.1 Å². The summed E-state index contributed by atoms with van der Waals surface area (Å²) in [5.74, 6) is 0.183. The van der Waals surface area contributed by atoms with Gasteiger partial charge in [0.2, 0.25) is 5.82 Å². The summed E-state index contributed by atoms with van der Waals surface area (Å²) < 4.78 is 5.95. The third-order valence-electron chi connectivity index (χ3n) is 5.35. The average Bonchev–Trinajstić information content (AvgIpc) is 2.79. The minimum Gasteiger partial charge on any atom is -0.469 e. The van der Waals surface area contributed by atoms with Crippen LogP contribution in [0.25, 0.3) is 0 Å². The Balaban J connectivity index is 1.69. The van der Waals surface area contributed by atoms with Gasteiger partial charge in [-0.3, -0.25) is 10.1 Å². The van der Waals surface area contributed by atoms with Crippen LogP contribution in [-0.4, -0.2) is 21.0 Å². The van der Waals surface area contributed by atoms with Gasteiger partial charge < -0.3 is 10.1 Å². The Morgan fingerprint density at radius 3 is 2.10 bits per heavy atom. The molecule has 4 rings (SSSR count). The van der Waals surface area contributed by atoms with Crippen molar-refractivity contribution in [3.63, 3.8) is 0 Å². The second-order valence-corrected chi connectivity index (χ2v) is 7.41. The number of nitrogens with one attached hydrogen (secondary N) is 1. The van der Waals surface area contributed by atoms with Crippen LogP contribution in [0.3, 0.4) is 0 Å². The Labute approximate surface area is 175 Å². The summed E-state index contributed by atoms with van der Waals surface area (Å²) in [4.78, 5) is 19.8. The van der Waals surface area contributed by atoms with Crippen molar-refractivity contribution >= 4 is 11.5 Å². The molecule has 0 aliphatic heterocycles. The van der Waals surface area contributed by atoms with E-state index in [4.69, 9.17) is 4.74 Å². The molecule has 7 heteroatoms. The van der Waals surface area contributed by atoms with E-state index in [0.717, 1.165) is 36.8 Å². The van der Waals surface area contributed by atoms with Gasteiger partial charge in [-0.05, 0) is 36.8 Å². The van der Waals surface area contributed by atoms with Gasteiger partial charge in [0, 0.05) is 0 Å². The molecule has 3 aromatic rings. The minimum absolute atomic E-state index is 0.0317. The van der Waals surface area contributed by atoms with Gasteiger partial charge >= 0.3 is 5.69 Å². The van der Waals surface area contributed by atoms with Gasteiger partial charge in [0.25, 0.3) is 5.88 Å². The maximum Gasteiger partial charge on any atom is 0.372 e. The largest absolute Gasteiger partial charge is 0.469 e. The number of benzene rings is 2. The van der Waals surface area contributed by atoms with Crippen molar-refractivity contribution in [2.75, 3.05) is 5.32 Å². The number of ether oxygens (including phenoxy) is 1. The van der Waals surface area contributed by atoms with Gasteiger partial charge in [0.05, 0.1) is 11.0 Å². The summed E-state index contributed by atoms with van der Waals surface area (Å²) in [5.41, 5.74) is 1.73. The fraction of sp³-hybridized carbons (Fsp3) is 0.304. The molecule has 0 radical (unpaired) electrons. The Hall–Kier alpha value is -3.48. The van der Waals surface area contributed by atoms with E-state index in [-0.39, 0.29) is 29.5 Å². The molecule has 1 fully saturated rings. The smallest absolute Gasteiger partial charge is 0.372 e. The van der Waals surface area contributed by atoms with Crippen molar-refractivity contribution < 1.29 is 9.66 Å². The first-order chi connectivity index (χ1) is 14.7. The summed E-state index contributed by atoms with van der Waals surface area (Å²) in [6.45, 7) is 0. The lowest BCUT2D eigenvalue weighted by molar-refractivity contribution is -0.385. The molecule has 0 spiro atoms. The fourth-order valence-corrected chi connectivity index (χ4v) is 3.85. The molecule has 30 heavy (non-hydrogen) atoms. The van der Waals surface area contributed by atoms with Gasteiger partial charge in [0.1, 0.15) is 12.4 Å². The van der Waals surface area contributed by atoms with Crippen LogP contribution in [0.15, 0.2) is 67.0 Å². The molecule has 1 heterocycles. The van der Waals surface area contributed by atoms with Crippen LogP contribution in [-0.2, 0) is 0 Å². The van der Waals surface area contributed by atoms with Gasteiger partial charge in [-0.2, -0.15) is 4.98 Å². The van der Waals surface area contributed by atoms with E-state index in [1.54, 1.807) is 0 Å². The molecule has 1 N–H and O–H groups in total. The van der Waals surface area contributed by atoms with Crippen molar-refractivity contribution in [1.29, 1.82) is 0 Å². The Bertz CT molecular complexity index is 937. The Morgan fingerprint density at radius 2 is 1.53 bits per heavy atom. The van der Waals surface area contributed by atoms with Crippen LogP contribution in [0, 0.1) is 10.1 Å². The predicted octanol–water partition coefficient (Wildman–Crippen LogP) is 5.30. The van der Waals surface area contributed by atoms with Crippen LogP contribution in [0.5, 0.6) is 5.88 Å². The minimum atomic E-state index is -0.465. The van der Waals surface area contributed by atoms with Crippen molar-refractivity contribution in [3.8, 4) is 5.88 Å². The van der Waals surface area contributed by atoms with E-state index < -0.39 is 4.92 Å². The van der Waals surface area contributed by atoms with E-state index in [9.17, 15) is 10.1 Å². The fourth-order valence-electron chi connectivity index (χ4n) is 3.85. The highest BCUT2D eigenvalue weighted by Crippen LogP contribution is 2.36. The topological polar surface area (TPSA) is 90.2 Å². The monoisotopic (exact) mass is 404 g/mol. The van der Waals surface area contributed by atoms with Gasteiger partial charge in [-0.25, -0.2) is 4.98 Å². The number of nitrogens with zero attached hydrogens (tertiary/aromatic N) is 3. The molecule has 0 atom stereocenters. The molecular formula is C23H24N4O3. The second-order valence-electron chi connectivity index (χ2n) is 7.41. The molecule has 0 amide bonds. The molecule has 1 aliphatic carbocycles. The third-order valence-corrected chi connectivity index (χ3v) is 5.35. The van der Waals surface area contributed by atoms with Crippen molar-refractivity contribution in [1.82, 2.24) is 9.97 Å². The lowest BCUT2D eigenvalue weighted by atomic mass is 9.98. The molecular weight excluding hydrogens is 380 g/mol. The number of hydrogen-bond acceptors (Lipinski definition) is 6. The normalized spacial score (nSPS) is 14.4. The number of rotatable bonds is 7. The van der Waals surface area contributed by atoms with Crippen LogP contribution < -0.4 is 10.1 Å². The summed E-state index contributed by atoms with van der Waals surface area (Å²) in [5, 5.41) is 15.2. The highest BCUT2D eigenvalue weighted by molar-refractivity contribution is 5.63. The molecule has 1 saturated carbocycles. The Morgan fingerprint density at radius 1 is 0.933 bits per heavy atom. The number of aromatic nitrogens is 2. The van der Waals surface area contributed by atoms with E-state index in [1.165, 1.54) is 12.7 Å². The van der Waals surface area contributed by atoms with E-state index >= 15 is 0 Å². The SMILES string of the molecule is O=[N+]([O-])c1c(NC(c2ccccc2)c2ccccc2)ncnc1OC1CCCCC1. The molecule has 2 aromatic carbocycles. The zero-order valence-electron chi connectivity index (χ0n) is 16.6. The Kier molecular flexibility index (Phi) is 6.17. The maximum absolute atomic E-state index is 11.9. The third kappa shape index (κ3) is 4.56. The quantitative estimate of drug-likeness (QED) is 0.425. The maximum atomic E-state index is 11.9. The van der Waals surface area contributed by atoms with Crippen LogP contribution in [0.2, 0.25) is 0 Å². The molecule has 7 nitrogen and oxygen atoms in total. The van der Waals surface area contributed by atoms with Crippen LogP contribution >= 0.6 is 0 Å². The molecule has 154 valence electrons. The van der Waals surface area contributed by atoms with Crippen LogP contribution in [0.1, 0.15) is 49.3 Å². The summed E-state index contributed by atoms with van der Waals surface area (Å²) >= 11 is 0. The average molecular weight is 404 g/mol. The number of hydrogen-bond donors (Lipinski definition) is 1. The zero-order chi connectivity index (χ0) is 20.8. The highest BCUT2D eigenvalue weighted by Gasteiger charge is 2.29. The first-order valence-corrected chi connectivity index (χ1v) is 10.2. The van der Waals surface area contributed by atoms with Crippen LogP contribution in [0.4, 0.5) is 11.5 Å². The first-order valence-electron chi connectivity index (χ1n) is 10.2. The predicted molar refractivity (Wildman–Crippen MR) is 115 cm³/mol.